The summed E-state index contributed by atoms with van der Waals surface area (Å²) in [5.74, 6) is 0.358. The van der Waals surface area contributed by atoms with Gasteiger partial charge in [0.2, 0.25) is 15.9 Å². The minimum Gasteiger partial charge on any atom is -0.495 e. The van der Waals surface area contributed by atoms with E-state index in [1.807, 2.05) is 37.3 Å². The van der Waals surface area contributed by atoms with Crippen LogP contribution in [0.1, 0.15) is 37.8 Å². The van der Waals surface area contributed by atoms with Crippen LogP contribution in [-0.4, -0.2) is 34.2 Å². The SMILES string of the molecule is CC[C@H](NC(=O)CCCN(c1ccc(OC)c(Cl)c1)S(C)(=O)=O)c1ccccc1. The lowest BCUT2D eigenvalue weighted by Crippen LogP contribution is -2.33. The van der Waals surface area contributed by atoms with Gasteiger partial charge in [0.1, 0.15) is 5.75 Å². The number of carbonyl (C=O) groups excluding carboxylic acids is 1. The molecule has 0 radical (unpaired) electrons. The lowest BCUT2D eigenvalue weighted by Gasteiger charge is -2.23. The number of sulfonamides is 1. The standard InChI is InChI=1S/C21H27ClN2O4S/c1-4-19(16-9-6-5-7-10-16)23-21(25)11-8-14-24(29(3,26)27)17-12-13-20(28-2)18(22)15-17/h5-7,9-10,12-13,15,19H,4,8,11,14H2,1-3H3,(H,23,25)/t19-/m0/s1. The first-order valence-corrected chi connectivity index (χ1v) is 11.6. The molecule has 0 aliphatic rings. The van der Waals surface area contributed by atoms with Crippen LogP contribution in [0.5, 0.6) is 5.75 Å². The molecular weight excluding hydrogens is 412 g/mol. The van der Waals surface area contributed by atoms with Crippen LogP contribution in [-0.2, 0) is 14.8 Å². The zero-order valence-electron chi connectivity index (χ0n) is 16.9. The summed E-state index contributed by atoms with van der Waals surface area (Å²) in [4.78, 5) is 12.4. The summed E-state index contributed by atoms with van der Waals surface area (Å²) in [5, 5.41) is 3.34. The van der Waals surface area contributed by atoms with Gasteiger partial charge in [0.25, 0.3) is 0 Å². The molecule has 1 amide bonds. The van der Waals surface area contributed by atoms with E-state index in [1.165, 1.54) is 11.4 Å². The van der Waals surface area contributed by atoms with Crippen LogP contribution in [0.3, 0.4) is 0 Å². The van der Waals surface area contributed by atoms with Crippen molar-refractivity contribution in [3.05, 3.63) is 59.1 Å². The third-order valence-corrected chi connectivity index (χ3v) is 6.02. The number of amides is 1. The third kappa shape index (κ3) is 6.65. The van der Waals surface area contributed by atoms with Crippen LogP contribution in [0.4, 0.5) is 5.69 Å². The van der Waals surface area contributed by atoms with Crippen molar-refractivity contribution in [1.29, 1.82) is 0 Å². The first-order valence-electron chi connectivity index (χ1n) is 9.41. The van der Waals surface area contributed by atoms with E-state index in [1.54, 1.807) is 18.2 Å². The maximum absolute atomic E-state index is 12.4. The number of halogens is 1. The van der Waals surface area contributed by atoms with Crippen molar-refractivity contribution in [2.24, 2.45) is 0 Å². The Labute approximate surface area is 177 Å². The van der Waals surface area contributed by atoms with Crippen LogP contribution in [0, 0.1) is 0 Å². The number of anilines is 1. The van der Waals surface area contributed by atoms with E-state index >= 15 is 0 Å². The molecule has 6 nitrogen and oxygen atoms in total. The van der Waals surface area contributed by atoms with Gasteiger partial charge in [-0.25, -0.2) is 8.42 Å². The Kier molecular flexibility index (Phi) is 8.34. The Hall–Kier alpha value is -2.25. The molecule has 0 aliphatic carbocycles. The zero-order valence-corrected chi connectivity index (χ0v) is 18.5. The van der Waals surface area contributed by atoms with E-state index in [0.29, 0.717) is 22.9 Å². The number of hydrogen-bond acceptors (Lipinski definition) is 4. The fourth-order valence-corrected chi connectivity index (χ4v) is 4.26. The van der Waals surface area contributed by atoms with Gasteiger partial charge < -0.3 is 10.1 Å². The maximum atomic E-state index is 12.4. The van der Waals surface area contributed by atoms with Crippen molar-refractivity contribution in [1.82, 2.24) is 5.32 Å². The van der Waals surface area contributed by atoms with Crippen molar-refractivity contribution in [2.45, 2.75) is 32.2 Å². The summed E-state index contributed by atoms with van der Waals surface area (Å²) in [6, 6.07) is 14.5. The molecule has 0 fully saturated rings. The Morgan fingerprint density at radius 1 is 1.21 bits per heavy atom. The second-order valence-corrected chi connectivity index (χ2v) is 9.01. The summed E-state index contributed by atoms with van der Waals surface area (Å²) >= 11 is 6.13. The molecule has 158 valence electrons. The lowest BCUT2D eigenvalue weighted by molar-refractivity contribution is -0.121. The van der Waals surface area contributed by atoms with Gasteiger partial charge in [-0.3, -0.25) is 9.10 Å². The monoisotopic (exact) mass is 438 g/mol. The molecule has 0 saturated carbocycles. The Bertz CT molecular complexity index is 920. The van der Waals surface area contributed by atoms with Gasteiger partial charge in [0.05, 0.1) is 30.1 Å². The predicted molar refractivity (Wildman–Crippen MR) is 117 cm³/mol. The first kappa shape index (κ1) is 23.0. The van der Waals surface area contributed by atoms with E-state index in [9.17, 15) is 13.2 Å². The van der Waals surface area contributed by atoms with Gasteiger partial charge in [0.15, 0.2) is 0 Å². The van der Waals surface area contributed by atoms with Crippen LogP contribution in [0.2, 0.25) is 5.02 Å². The molecule has 2 aromatic carbocycles. The minimum atomic E-state index is -3.52. The van der Waals surface area contributed by atoms with E-state index in [2.05, 4.69) is 5.32 Å². The van der Waals surface area contributed by atoms with Gasteiger partial charge in [-0.2, -0.15) is 0 Å². The molecular formula is C21H27ClN2O4S. The van der Waals surface area contributed by atoms with Gasteiger partial charge in [-0.05, 0) is 36.6 Å². The lowest BCUT2D eigenvalue weighted by atomic mass is 10.0. The second kappa shape index (κ2) is 10.5. The van der Waals surface area contributed by atoms with Gasteiger partial charge >= 0.3 is 0 Å². The third-order valence-electron chi connectivity index (χ3n) is 4.53. The Morgan fingerprint density at radius 2 is 1.90 bits per heavy atom. The maximum Gasteiger partial charge on any atom is 0.232 e. The molecule has 0 spiro atoms. The topological polar surface area (TPSA) is 75.7 Å². The van der Waals surface area contributed by atoms with Crippen molar-refractivity contribution in [3.8, 4) is 5.75 Å². The van der Waals surface area contributed by atoms with Crippen LogP contribution in [0.25, 0.3) is 0 Å². The molecule has 2 aromatic rings. The van der Waals surface area contributed by atoms with Gasteiger partial charge in [0, 0.05) is 13.0 Å². The fourth-order valence-electron chi connectivity index (χ4n) is 3.05. The molecule has 0 aromatic heterocycles. The summed E-state index contributed by atoms with van der Waals surface area (Å²) in [6.45, 7) is 2.19. The Morgan fingerprint density at radius 3 is 2.45 bits per heavy atom. The smallest absolute Gasteiger partial charge is 0.232 e. The molecule has 29 heavy (non-hydrogen) atoms. The second-order valence-electron chi connectivity index (χ2n) is 6.70. The van der Waals surface area contributed by atoms with E-state index in [4.69, 9.17) is 16.3 Å². The first-order chi connectivity index (χ1) is 13.8. The fraction of sp³-hybridized carbons (Fsp3) is 0.381. The highest BCUT2D eigenvalue weighted by Crippen LogP contribution is 2.30. The van der Waals surface area contributed by atoms with Crippen LogP contribution in [0.15, 0.2) is 48.5 Å². The van der Waals surface area contributed by atoms with Crippen LogP contribution < -0.4 is 14.4 Å². The highest BCUT2D eigenvalue weighted by atomic mass is 35.5. The number of ether oxygens (including phenoxy) is 1. The van der Waals surface area contributed by atoms with E-state index in [-0.39, 0.29) is 24.9 Å². The van der Waals surface area contributed by atoms with Gasteiger partial charge in [-0.15, -0.1) is 0 Å². The highest BCUT2D eigenvalue weighted by Gasteiger charge is 2.19. The van der Waals surface area contributed by atoms with E-state index < -0.39 is 10.0 Å². The molecule has 0 aliphatic heterocycles. The number of benzene rings is 2. The van der Waals surface area contributed by atoms with Gasteiger partial charge in [-0.1, -0.05) is 48.9 Å². The van der Waals surface area contributed by atoms with Crippen molar-refractivity contribution < 1.29 is 17.9 Å². The quantitative estimate of drug-likeness (QED) is 0.604. The summed E-state index contributed by atoms with van der Waals surface area (Å²) < 4.78 is 30.8. The molecule has 1 N–H and O–H groups in total. The normalized spacial score (nSPS) is 12.3. The number of nitrogens with zero attached hydrogens (tertiary/aromatic N) is 1. The predicted octanol–water partition coefficient (Wildman–Crippen LogP) is 4.16. The molecule has 1 atom stereocenters. The molecule has 2 rings (SSSR count). The highest BCUT2D eigenvalue weighted by molar-refractivity contribution is 7.92. The van der Waals surface area contributed by atoms with Crippen LogP contribution >= 0.6 is 11.6 Å². The molecule has 0 heterocycles. The molecule has 8 heteroatoms. The van der Waals surface area contributed by atoms with Crippen molar-refractivity contribution >= 4 is 33.2 Å². The zero-order chi connectivity index (χ0) is 21.4. The number of nitrogens with one attached hydrogen (secondary N) is 1. The average molecular weight is 439 g/mol. The van der Waals surface area contributed by atoms with Crippen molar-refractivity contribution in [3.63, 3.8) is 0 Å². The Balaban J connectivity index is 1.99. The number of methoxy groups -OCH3 is 1. The minimum absolute atomic E-state index is 0.0601. The largest absolute Gasteiger partial charge is 0.495 e. The number of rotatable bonds is 10. The summed E-state index contributed by atoms with van der Waals surface area (Å²) in [5.41, 5.74) is 1.49. The average Bonchev–Trinajstić information content (AvgIpc) is 2.69. The molecule has 0 unspecified atom stereocenters. The summed E-state index contributed by atoms with van der Waals surface area (Å²) in [7, 11) is -2.03. The summed E-state index contributed by atoms with van der Waals surface area (Å²) in [6.07, 6.45) is 2.51. The molecule has 0 bridgehead atoms. The van der Waals surface area contributed by atoms with Crippen molar-refractivity contribution in [2.75, 3.05) is 24.2 Å². The molecule has 0 saturated heterocycles. The number of hydrogen-bond donors (Lipinski definition) is 1. The number of carbonyl (C=O) groups is 1. The van der Waals surface area contributed by atoms with E-state index in [0.717, 1.165) is 18.2 Å².